The van der Waals surface area contributed by atoms with E-state index in [9.17, 15) is 4.79 Å². The summed E-state index contributed by atoms with van der Waals surface area (Å²) in [6.07, 6.45) is 0. The normalized spacial score (nSPS) is 14.4. The number of fused-ring (bicyclic) bond motifs is 1. The number of anilines is 1. The number of rotatable bonds is 7. The van der Waals surface area contributed by atoms with Crippen molar-refractivity contribution in [3.05, 3.63) is 58.8 Å². The van der Waals surface area contributed by atoms with Gasteiger partial charge >= 0.3 is 0 Å². The Balaban J connectivity index is 1.54. The smallest absolute Gasteiger partial charge is 0.266 e. The molecule has 4 aromatic rings. The second-order valence-electron chi connectivity index (χ2n) is 8.18. The Labute approximate surface area is 212 Å². The zero-order valence-electron chi connectivity index (χ0n) is 19.5. The second kappa shape index (κ2) is 10.3. The van der Waals surface area contributed by atoms with Crippen LogP contribution in [0.4, 0.5) is 5.13 Å². The van der Waals surface area contributed by atoms with E-state index in [1.165, 1.54) is 11.3 Å². The zero-order chi connectivity index (χ0) is 24.4. The maximum Gasteiger partial charge on any atom is 0.266 e. The number of thiazole rings is 1. The standard InChI is InChI=1S/C25H25ClN4O4S/c1-16-22(23(28-34-16)18-5-3-4-6-19(18)26)24(31)30(10-9-29-11-13-33-14-12-29)25-27-20-15-17(32-2)7-8-21(20)35-25/h3-8,15H,9-14H2,1-2H3. The van der Waals surface area contributed by atoms with Crippen molar-refractivity contribution < 1.29 is 18.8 Å². The zero-order valence-corrected chi connectivity index (χ0v) is 21.1. The number of morpholine rings is 1. The molecule has 8 nitrogen and oxygen atoms in total. The summed E-state index contributed by atoms with van der Waals surface area (Å²) in [5.74, 6) is 0.929. The average molecular weight is 513 g/mol. The van der Waals surface area contributed by atoms with Gasteiger partial charge in [-0.3, -0.25) is 14.6 Å². The van der Waals surface area contributed by atoms with Gasteiger partial charge in [0.1, 0.15) is 22.8 Å². The summed E-state index contributed by atoms with van der Waals surface area (Å²) >= 11 is 7.90. The van der Waals surface area contributed by atoms with Crippen molar-refractivity contribution in [3.63, 3.8) is 0 Å². The van der Waals surface area contributed by atoms with Gasteiger partial charge in [-0.25, -0.2) is 4.98 Å². The number of carbonyl (C=O) groups is 1. The summed E-state index contributed by atoms with van der Waals surface area (Å²) in [6.45, 7) is 5.94. The lowest BCUT2D eigenvalue weighted by molar-refractivity contribution is 0.0391. The van der Waals surface area contributed by atoms with E-state index < -0.39 is 0 Å². The van der Waals surface area contributed by atoms with Gasteiger partial charge in [-0.1, -0.05) is 46.3 Å². The van der Waals surface area contributed by atoms with Crippen molar-refractivity contribution in [1.29, 1.82) is 0 Å². The number of nitrogens with zero attached hydrogens (tertiary/aromatic N) is 4. The first-order chi connectivity index (χ1) is 17.0. The number of aryl methyl sites for hydroxylation is 1. The van der Waals surface area contributed by atoms with Crippen LogP contribution in [-0.4, -0.2) is 67.5 Å². The van der Waals surface area contributed by atoms with Crippen LogP contribution in [-0.2, 0) is 4.74 Å². The highest BCUT2D eigenvalue weighted by molar-refractivity contribution is 7.22. The molecule has 0 aliphatic carbocycles. The second-order valence-corrected chi connectivity index (χ2v) is 9.60. The van der Waals surface area contributed by atoms with E-state index in [2.05, 4.69) is 10.1 Å². The molecule has 1 saturated heterocycles. The SMILES string of the molecule is COc1ccc2sc(N(CCN3CCOCC3)C(=O)c3c(-c4ccccc4Cl)noc3C)nc2c1. The van der Waals surface area contributed by atoms with Gasteiger partial charge < -0.3 is 14.0 Å². The molecular weight excluding hydrogens is 488 g/mol. The minimum absolute atomic E-state index is 0.224. The van der Waals surface area contributed by atoms with Gasteiger partial charge in [-0.05, 0) is 25.1 Å². The molecule has 1 aliphatic heterocycles. The maximum absolute atomic E-state index is 14.1. The monoisotopic (exact) mass is 512 g/mol. The minimum Gasteiger partial charge on any atom is -0.497 e. The molecule has 1 aliphatic rings. The van der Waals surface area contributed by atoms with Crippen LogP contribution in [0.2, 0.25) is 5.02 Å². The van der Waals surface area contributed by atoms with Crippen LogP contribution >= 0.6 is 22.9 Å². The summed E-state index contributed by atoms with van der Waals surface area (Å²) in [7, 11) is 1.62. The van der Waals surface area contributed by atoms with Gasteiger partial charge in [-0.15, -0.1) is 0 Å². The van der Waals surface area contributed by atoms with E-state index in [0.717, 1.165) is 29.1 Å². The van der Waals surface area contributed by atoms with Crippen LogP contribution in [0.15, 0.2) is 47.0 Å². The Kier molecular flexibility index (Phi) is 7.01. The highest BCUT2D eigenvalue weighted by Gasteiger charge is 2.30. The molecule has 1 amide bonds. The highest BCUT2D eigenvalue weighted by atomic mass is 35.5. The van der Waals surface area contributed by atoms with Gasteiger partial charge in [0.2, 0.25) is 0 Å². The summed E-state index contributed by atoms with van der Waals surface area (Å²) in [5, 5.41) is 5.30. The fraction of sp³-hybridized carbons (Fsp3) is 0.320. The van der Waals surface area contributed by atoms with E-state index >= 15 is 0 Å². The third-order valence-electron chi connectivity index (χ3n) is 6.01. The molecule has 10 heteroatoms. The molecule has 0 unspecified atom stereocenters. The Morgan fingerprint density at radius 1 is 1.23 bits per heavy atom. The number of methoxy groups -OCH3 is 1. The molecule has 0 saturated carbocycles. The lowest BCUT2D eigenvalue weighted by atomic mass is 10.1. The molecule has 3 heterocycles. The topological polar surface area (TPSA) is 80.9 Å². The molecule has 2 aromatic carbocycles. The Morgan fingerprint density at radius 2 is 2.03 bits per heavy atom. The first-order valence-electron chi connectivity index (χ1n) is 11.3. The molecule has 0 radical (unpaired) electrons. The van der Waals surface area contributed by atoms with Crippen molar-refractivity contribution in [2.75, 3.05) is 51.4 Å². The third kappa shape index (κ3) is 4.90. The third-order valence-corrected chi connectivity index (χ3v) is 7.40. The number of benzene rings is 2. The number of halogens is 1. The molecule has 0 spiro atoms. The van der Waals surface area contributed by atoms with Crippen LogP contribution in [0.25, 0.3) is 21.5 Å². The highest BCUT2D eigenvalue weighted by Crippen LogP contribution is 2.35. The first kappa shape index (κ1) is 23.7. The summed E-state index contributed by atoms with van der Waals surface area (Å²) in [5.41, 5.74) is 2.24. The van der Waals surface area contributed by atoms with Gasteiger partial charge in [0, 0.05) is 37.8 Å². The number of aromatic nitrogens is 2. The Hall–Kier alpha value is -2.98. The van der Waals surface area contributed by atoms with Crippen LogP contribution in [0, 0.1) is 6.92 Å². The lowest BCUT2D eigenvalue weighted by Gasteiger charge is -2.29. The van der Waals surface area contributed by atoms with E-state index in [4.69, 9.17) is 30.6 Å². The van der Waals surface area contributed by atoms with Crippen LogP contribution in [0.1, 0.15) is 16.1 Å². The number of hydrogen-bond donors (Lipinski definition) is 0. The van der Waals surface area contributed by atoms with Crippen LogP contribution in [0.5, 0.6) is 5.75 Å². The molecule has 182 valence electrons. The Bertz CT molecular complexity index is 1350. The van der Waals surface area contributed by atoms with Crippen LogP contribution in [0.3, 0.4) is 0 Å². The summed E-state index contributed by atoms with van der Waals surface area (Å²) < 4.78 is 17.3. The van der Waals surface area contributed by atoms with Crippen molar-refractivity contribution in [2.24, 2.45) is 0 Å². The summed E-state index contributed by atoms with van der Waals surface area (Å²) in [6, 6.07) is 13.0. The average Bonchev–Trinajstić information content (AvgIpc) is 3.47. The van der Waals surface area contributed by atoms with E-state index in [1.54, 1.807) is 25.0 Å². The summed E-state index contributed by atoms with van der Waals surface area (Å²) in [4.78, 5) is 22.9. The Morgan fingerprint density at radius 3 is 2.80 bits per heavy atom. The lowest BCUT2D eigenvalue weighted by Crippen LogP contribution is -2.43. The number of amides is 1. The van der Waals surface area contributed by atoms with E-state index in [-0.39, 0.29) is 5.91 Å². The molecule has 0 bridgehead atoms. The van der Waals surface area contributed by atoms with E-state index in [0.29, 0.717) is 59.0 Å². The molecule has 35 heavy (non-hydrogen) atoms. The van der Waals surface area contributed by atoms with Gasteiger partial charge in [0.05, 0.1) is 35.6 Å². The number of ether oxygens (including phenoxy) is 2. The molecule has 5 rings (SSSR count). The molecule has 2 aromatic heterocycles. The number of hydrogen-bond acceptors (Lipinski definition) is 8. The van der Waals surface area contributed by atoms with Crippen molar-refractivity contribution >= 4 is 44.2 Å². The van der Waals surface area contributed by atoms with Gasteiger partial charge in [-0.2, -0.15) is 0 Å². The van der Waals surface area contributed by atoms with Crippen molar-refractivity contribution in [3.8, 4) is 17.0 Å². The molecular formula is C25H25ClN4O4S. The van der Waals surface area contributed by atoms with Crippen molar-refractivity contribution in [2.45, 2.75) is 6.92 Å². The minimum atomic E-state index is -0.224. The molecule has 1 fully saturated rings. The van der Waals surface area contributed by atoms with Crippen LogP contribution < -0.4 is 9.64 Å². The first-order valence-corrected chi connectivity index (χ1v) is 12.5. The fourth-order valence-corrected chi connectivity index (χ4v) is 5.28. The van der Waals surface area contributed by atoms with Crippen molar-refractivity contribution in [1.82, 2.24) is 15.0 Å². The quantitative estimate of drug-likeness (QED) is 0.348. The fourth-order valence-electron chi connectivity index (χ4n) is 4.08. The van der Waals surface area contributed by atoms with E-state index in [1.807, 2.05) is 36.4 Å². The largest absolute Gasteiger partial charge is 0.497 e. The predicted molar refractivity (Wildman–Crippen MR) is 137 cm³/mol. The molecule has 0 atom stereocenters. The maximum atomic E-state index is 14.1. The number of carbonyl (C=O) groups excluding carboxylic acids is 1. The van der Waals surface area contributed by atoms with Gasteiger partial charge in [0.15, 0.2) is 5.13 Å². The van der Waals surface area contributed by atoms with Gasteiger partial charge in [0.25, 0.3) is 5.91 Å². The predicted octanol–water partition coefficient (Wildman–Crippen LogP) is 4.90. The molecule has 0 N–H and O–H groups in total.